The third kappa shape index (κ3) is 6.06. The Morgan fingerprint density at radius 2 is 1.14 bits per heavy atom. The molecule has 0 bridgehead atoms. The molecule has 1 aliphatic rings. The quantitative estimate of drug-likeness (QED) is 0.484. The summed E-state index contributed by atoms with van der Waals surface area (Å²) in [4.78, 5) is 17.9. The van der Waals surface area contributed by atoms with Gasteiger partial charge in [-0.3, -0.25) is 4.79 Å². The van der Waals surface area contributed by atoms with Gasteiger partial charge in [-0.25, -0.2) is 0 Å². The van der Waals surface area contributed by atoms with Crippen LogP contribution in [0.5, 0.6) is 11.5 Å². The van der Waals surface area contributed by atoms with Gasteiger partial charge in [0.05, 0.1) is 14.2 Å². The number of hydrogen-bond donors (Lipinski definition) is 1. The number of carbonyl (C=O) groups is 1. The number of piperidine rings is 1. The summed E-state index contributed by atoms with van der Waals surface area (Å²) in [5.74, 6) is 1.58. The van der Waals surface area contributed by atoms with E-state index >= 15 is 0 Å². The van der Waals surface area contributed by atoms with Crippen LogP contribution in [-0.4, -0.2) is 59.3 Å². The first-order valence-corrected chi connectivity index (χ1v) is 12.5. The first-order valence-electron chi connectivity index (χ1n) is 12.5. The van der Waals surface area contributed by atoms with Gasteiger partial charge >= 0.3 is 0 Å². The summed E-state index contributed by atoms with van der Waals surface area (Å²) in [6.07, 6.45) is 3.88. The maximum Gasteiger partial charge on any atom is 0.187 e. The van der Waals surface area contributed by atoms with Crippen molar-refractivity contribution in [1.82, 2.24) is 5.32 Å². The molecule has 0 aliphatic carbocycles. The molecular weight excluding hydrogens is 438 g/mol. The van der Waals surface area contributed by atoms with Crippen molar-refractivity contribution in [2.75, 3.05) is 63.3 Å². The lowest BCUT2D eigenvalue weighted by Gasteiger charge is -2.23. The molecule has 0 saturated carbocycles. The number of carbonyl (C=O) groups excluding carboxylic acids is 1. The molecule has 6 heteroatoms. The standard InChI is InChI=1S/C29H39N3O3/c1-7-31(8-2)25-13-11-21(27(17-25)34-5)15-23-19-30-20-24(29(23)33)16-22-12-14-26(18-28(22)35-6)32(9-3)10-4/h11-18,30H,7-10,19-20H2,1-6H3. The van der Waals surface area contributed by atoms with E-state index in [1.165, 1.54) is 0 Å². The zero-order chi connectivity index (χ0) is 25.4. The Kier molecular flexibility index (Phi) is 9.38. The maximum atomic E-state index is 13.4. The highest BCUT2D eigenvalue weighted by Crippen LogP contribution is 2.30. The Hall–Kier alpha value is -3.25. The molecule has 1 heterocycles. The molecule has 0 spiro atoms. The summed E-state index contributed by atoms with van der Waals surface area (Å²) in [5.41, 5.74) is 5.46. The van der Waals surface area contributed by atoms with Gasteiger partial charge in [-0.05, 0) is 64.1 Å². The van der Waals surface area contributed by atoms with Gasteiger partial charge in [0.1, 0.15) is 11.5 Å². The molecule has 0 radical (unpaired) electrons. The average molecular weight is 478 g/mol. The number of nitrogens with one attached hydrogen (secondary N) is 1. The van der Waals surface area contributed by atoms with Gasteiger partial charge in [-0.1, -0.05) is 0 Å². The molecule has 0 aromatic heterocycles. The number of rotatable bonds is 10. The molecule has 0 unspecified atom stereocenters. The monoisotopic (exact) mass is 477 g/mol. The fourth-order valence-electron chi connectivity index (χ4n) is 4.52. The van der Waals surface area contributed by atoms with Crippen molar-refractivity contribution in [3.63, 3.8) is 0 Å². The normalized spacial score (nSPS) is 16.0. The van der Waals surface area contributed by atoms with Crippen LogP contribution in [0.25, 0.3) is 12.2 Å². The minimum Gasteiger partial charge on any atom is -0.496 e. The molecule has 188 valence electrons. The van der Waals surface area contributed by atoms with E-state index in [1.807, 2.05) is 36.4 Å². The van der Waals surface area contributed by atoms with Gasteiger partial charge in [-0.15, -0.1) is 0 Å². The third-order valence-electron chi connectivity index (χ3n) is 6.56. The van der Waals surface area contributed by atoms with Crippen molar-refractivity contribution in [1.29, 1.82) is 0 Å². The molecule has 35 heavy (non-hydrogen) atoms. The molecule has 2 aromatic rings. The zero-order valence-electron chi connectivity index (χ0n) is 22.0. The number of Topliss-reactive ketones (excluding diaryl/α,β-unsaturated/α-hetero) is 1. The lowest BCUT2D eigenvalue weighted by Crippen LogP contribution is -2.32. The van der Waals surface area contributed by atoms with E-state index in [-0.39, 0.29) is 5.78 Å². The van der Waals surface area contributed by atoms with E-state index in [4.69, 9.17) is 9.47 Å². The van der Waals surface area contributed by atoms with Crippen molar-refractivity contribution in [2.45, 2.75) is 27.7 Å². The molecular formula is C29H39N3O3. The molecule has 1 saturated heterocycles. The zero-order valence-corrected chi connectivity index (χ0v) is 22.0. The second kappa shape index (κ2) is 12.5. The number of hydrogen-bond acceptors (Lipinski definition) is 6. The van der Waals surface area contributed by atoms with Crippen LogP contribution in [0.1, 0.15) is 38.8 Å². The summed E-state index contributed by atoms with van der Waals surface area (Å²) in [5, 5.41) is 3.37. The van der Waals surface area contributed by atoms with Crippen molar-refractivity contribution in [3.05, 3.63) is 58.7 Å². The van der Waals surface area contributed by atoms with E-state index in [0.29, 0.717) is 13.1 Å². The minimum absolute atomic E-state index is 0.0495. The highest BCUT2D eigenvalue weighted by molar-refractivity contribution is 6.14. The summed E-state index contributed by atoms with van der Waals surface area (Å²) >= 11 is 0. The van der Waals surface area contributed by atoms with Gasteiger partial charge in [-0.2, -0.15) is 0 Å². The fraction of sp³-hybridized carbons (Fsp3) is 0.414. The summed E-state index contributed by atoms with van der Waals surface area (Å²) in [6, 6.07) is 12.3. The molecule has 0 amide bonds. The Balaban J connectivity index is 1.91. The molecule has 3 rings (SSSR count). The number of ether oxygens (including phenoxy) is 2. The van der Waals surface area contributed by atoms with E-state index in [0.717, 1.165) is 71.3 Å². The average Bonchev–Trinajstić information content (AvgIpc) is 2.89. The predicted molar refractivity (Wildman–Crippen MR) is 147 cm³/mol. The van der Waals surface area contributed by atoms with Crippen molar-refractivity contribution in [2.24, 2.45) is 0 Å². The van der Waals surface area contributed by atoms with Crippen molar-refractivity contribution >= 4 is 29.3 Å². The van der Waals surface area contributed by atoms with E-state index in [1.54, 1.807) is 14.2 Å². The molecule has 1 aliphatic heterocycles. The molecule has 6 nitrogen and oxygen atoms in total. The number of anilines is 2. The lowest BCUT2D eigenvalue weighted by molar-refractivity contribution is -0.112. The number of benzene rings is 2. The van der Waals surface area contributed by atoms with Crippen LogP contribution in [0.2, 0.25) is 0 Å². The fourth-order valence-corrected chi connectivity index (χ4v) is 4.52. The molecule has 1 fully saturated rings. The van der Waals surface area contributed by atoms with Crippen LogP contribution in [0.3, 0.4) is 0 Å². The predicted octanol–water partition coefficient (Wildman–Crippen LogP) is 5.04. The second-order valence-corrected chi connectivity index (χ2v) is 8.47. The van der Waals surface area contributed by atoms with Crippen LogP contribution < -0.4 is 24.6 Å². The van der Waals surface area contributed by atoms with Gasteiger partial charge in [0, 0.05) is 85.0 Å². The van der Waals surface area contributed by atoms with Crippen LogP contribution >= 0.6 is 0 Å². The molecule has 0 atom stereocenters. The summed E-state index contributed by atoms with van der Waals surface area (Å²) < 4.78 is 11.3. The number of ketones is 1. The van der Waals surface area contributed by atoms with Gasteiger partial charge in [0.15, 0.2) is 5.78 Å². The van der Waals surface area contributed by atoms with Crippen LogP contribution in [-0.2, 0) is 4.79 Å². The summed E-state index contributed by atoms with van der Waals surface area (Å²) in [7, 11) is 3.34. The second-order valence-electron chi connectivity index (χ2n) is 8.47. The van der Waals surface area contributed by atoms with Crippen molar-refractivity contribution < 1.29 is 14.3 Å². The Labute approximate surface area is 210 Å². The van der Waals surface area contributed by atoms with E-state index in [9.17, 15) is 4.79 Å². The third-order valence-corrected chi connectivity index (χ3v) is 6.56. The Morgan fingerprint density at radius 3 is 1.49 bits per heavy atom. The maximum absolute atomic E-state index is 13.4. The lowest BCUT2D eigenvalue weighted by atomic mass is 9.95. The molecule has 2 aromatic carbocycles. The number of nitrogens with zero attached hydrogens (tertiary/aromatic N) is 2. The first kappa shape index (κ1) is 26.4. The summed E-state index contributed by atoms with van der Waals surface area (Å²) in [6.45, 7) is 13.3. The van der Waals surface area contributed by atoms with Crippen LogP contribution in [0.4, 0.5) is 11.4 Å². The van der Waals surface area contributed by atoms with Gasteiger partial charge in [0.25, 0.3) is 0 Å². The van der Waals surface area contributed by atoms with Crippen molar-refractivity contribution in [3.8, 4) is 11.5 Å². The molecule has 1 N–H and O–H groups in total. The Morgan fingerprint density at radius 1 is 0.743 bits per heavy atom. The van der Waals surface area contributed by atoms with Crippen LogP contribution in [0.15, 0.2) is 47.5 Å². The van der Waals surface area contributed by atoms with Gasteiger partial charge in [0.2, 0.25) is 0 Å². The SMILES string of the molecule is CCN(CC)c1ccc(C=C2CNCC(=Cc3ccc(N(CC)CC)cc3OC)C2=O)c(OC)c1. The van der Waals surface area contributed by atoms with Crippen LogP contribution in [0, 0.1) is 0 Å². The van der Waals surface area contributed by atoms with E-state index < -0.39 is 0 Å². The smallest absolute Gasteiger partial charge is 0.187 e. The topological polar surface area (TPSA) is 54.0 Å². The highest BCUT2D eigenvalue weighted by Gasteiger charge is 2.21. The minimum atomic E-state index is 0.0495. The first-order chi connectivity index (χ1) is 17.0. The van der Waals surface area contributed by atoms with Gasteiger partial charge < -0.3 is 24.6 Å². The number of methoxy groups -OCH3 is 2. The highest BCUT2D eigenvalue weighted by atomic mass is 16.5. The largest absolute Gasteiger partial charge is 0.496 e. The van der Waals surface area contributed by atoms with E-state index in [2.05, 4.69) is 54.9 Å². The Bertz CT molecular complexity index is 999.